The van der Waals surface area contributed by atoms with Crippen LogP contribution in [0.3, 0.4) is 0 Å². The van der Waals surface area contributed by atoms with Gasteiger partial charge in [-0.1, -0.05) is 19.3 Å². The van der Waals surface area contributed by atoms with E-state index in [0.717, 1.165) is 24.3 Å². The Hall–Kier alpha value is -0.0800. The third-order valence-corrected chi connectivity index (χ3v) is 6.06. The van der Waals surface area contributed by atoms with Crippen LogP contribution in [0.15, 0.2) is 0 Å². The van der Waals surface area contributed by atoms with Crippen molar-refractivity contribution in [3.63, 3.8) is 0 Å². The van der Waals surface area contributed by atoms with E-state index in [4.69, 9.17) is 5.73 Å². The standard InChI is InChI=1S/C15H28N2/c1-17(10-12-4-2-3-5-12)15(11-16)9-13-6-7-14(15)8-13/h12-14H,2-11,16H2,1H3. The molecule has 3 unspecified atom stereocenters. The van der Waals surface area contributed by atoms with Gasteiger partial charge in [0.25, 0.3) is 0 Å². The summed E-state index contributed by atoms with van der Waals surface area (Å²) in [5.41, 5.74) is 6.57. The van der Waals surface area contributed by atoms with Crippen LogP contribution >= 0.6 is 0 Å². The summed E-state index contributed by atoms with van der Waals surface area (Å²) in [6.07, 6.45) is 11.6. The zero-order valence-corrected chi connectivity index (χ0v) is 11.3. The first-order valence-electron chi connectivity index (χ1n) is 7.66. The molecular weight excluding hydrogens is 208 g/mol. The van der Waals surface area contributed by atoms with Gasteiger partial charge >= 0.3 is 0 Å². The Kier molecular flexibility index (Phi) is 3.20. The van der Waals surface area contributed by atoms with E-state index in [9.17, 15) is 0 Å². The van der Waals surface area contributed by atoms with Crippen molar-refractivity contribution in [3.05, 3.63) is 0 Å². The predicted octanol–water partition coefficient (Wildman–Crippen LogP) is 2.63. The van der Waals surface area contributed by atoms with Crippen molar-refractivity contribution in [2.75, 3.05) is 20.1 Å². The molecule has 2 bridgehead atoms. The molecule has 3 fully saturated rings. The molecule has 3 aliphatic rings. The first kappa shape index (κ1) is 12.0. The number of nitrogens with two attached hydrogens (primary N) is 1. The number of nitrogens with zero attached hydrogens (tertiary/aromatic N) is 1. The van der Waals surface area contributed by atoms with E-state index in [0.29, 0.717) is 5.54 Å². The summed E-state index contributed by atoms with van der Waals surface area (Å²) in [5, 5.41) is 0. The van der Waals surface area contributed by atoms with Crippen molar-refractivity contribution in [2.45, 2.75) is 56.9 Å². The second-order valence-electron chi connectivity index (χ2n) is 6.92. The molecule has 2 nitrogen and oxygen atoms in total. The van der Waals surface area contributed by atoms with E-state index in [1.807, 2.05) is 0 Å². The summed E-state index contributed by atoms with van der Waals surface area (Å²) in [7, 11) is 2.35. The smallest absolute Gasteiger partial charge is 0.0359 e. The molecule has 2 N–H and O–H groups in total. The van der Waals surface area contributed by atoms with Crippen molar-refractivity contribution >= 4 is 0 Å². The molecule has 2 heteroatoms. The second-order valence-corrected chi connectivity index (χ2v) is 6.92. The third-order valence-electron chi connectivity index (χ3n) is 6.06. The minimum Gasteiger partial charge on any atom is -0.329 e. The van der Waals surface area contributed by atoms with Crippen molar-refractivity contribution in [1.29, 1.82) is 0 Å². The Morgan fingerprint density at radius 3 is 2.47 bits per heavy atom. The molecule has 0 saturated heterocycles. The monoisotopic (exact) mass is 236 g/mol. The van der Waals surface area contributed by atoms with Crippen LogP contribution in [0.5, 0.6) is 0 Å². The molecule has 0 aromatic rings. The van der Waals surface area contributed by atoms with Gasteiger partial charge < -0.3 is 5.73 Å². The fourth-order valence-electron chi connectivity index (χ4n) is 5.05. The third kappa shape index (κ3) is 1.94. The lowest BCUT2D eigenvalue weighted by Crippen LogP contribution is -2.56. The molecule has 3 saturated carbocycles. The normalized spacial score (nSPS) is 41.8. The number of hydrogen-bond donors (Lipinski definition) is 1. The Labute approximate surface area is 106 Å². The van der Waals surface area contributed by atoms with Crippen molar-refractivity contribution in [2.24, 2.45) is 23.5 Å². The van der Waals surface area contributed by atoms with Crippen LogP contribution < -0.4 is 5.73 Å². The first-order chi connectivity index (χ1) is 8.24. The molecule has 3 rings (SSSR count). The SMILES string of the molecule is CN(CC1CCCC1)C1(CN)CC2CCC1C2. The highest BCUT2D eigenvalue weighted by molar-refractivity contribution is 5.07. The molecule has 17 heavy (non-hydrogen) atoms. The largest absolute Gasteiger partial charge is 0.329 e. The zero-order chi connectivity index (χ0) is 11.9. The van der Waals surface area contributed by atoms with Gasteiger partial charge in [-0.05, 0) is 56.9 Å². The average molecular weight is 236 g/mol. The van der Waals surface area contributed by atoms with E-state index in [-0.39, 0.29) is 0 Å². The molecule has 3 atom stereocenters. The highest BCUT2D eigenvalue weighted by Gasteiger charge is 2.52. The van der Waals surface area contributed by atoms with E-state index in [1.165, 1.54) is 57.9 Å². The minimum absolute atomic E-state index is 0.380. The molecule has 0 heterocycles. The van der Waals surface area contributed by atoms with E-state index in [1.54, 1.807) is 0 Å². The van der Waals surface area contributed by atoms with Crippen LogP contribution in [0.4, 0.5) is 0 Å². The quantitative estimate of drug-likeness (QED) is 0.813. The molecule has 98 valence electrons. The average Bonchev–Trinajstić information content (AvgIpc) is 3.04. The van der Waals surface area contributed by atoms with E-state index in [2.05, 4.69) is 11.9 Å². The van der Waals surface area contributed by atoms with E-state index >= 15 is 0 Å². The molecule has 0 aliphatic heterocycles. The maximum Gasteiger partial charge on any atom is 0.0359 e. The van der Waals surface area contributed by atoms with Crippen LogP contribution in [-0.2, 0) is 0 Å². The molecule has 3 aliphatic carbocycles. The lowest BCUT2D eigenvalue weighted by Gasteiger charge is -2.45. The predicted molar refractivity (Wildman–Crippen MR) is 71.8 cm³/mol. The van der Waals surface area contributed by atoms with Gasteiger partial charge in [-0.25, -0.2) is 0 Å². The molecular formula is C15H28N2. The Balaban J connectivity index is 1.67. The zero-order valence-electron chi connectivity index (χ0n) is 11.3. The summed E-state index contributed by atoms with van der Waals surface area (Å²) in [4.78, 5) is 2.67. The van der Waals surface area contributed by atoms with Crippen molar-refractivity contribution in [1.82, 2.24) is 4.90 Å². The molecule has 0 aromatic carbocycles. The molecule has 0 amide bonds. The highest BCUT2D eigenvalue weighted by Crippen LogP contribution is 2.53. The first-order valence-corrected chi connectivity index (χ1v) is 7.66. The van der Waals surface area contributed by atoms with Crippen LogP contribution in [0.2, 0.25) is 0 Å². The molecule has 0 aromatic heterocycles. The van der Waals surface area contributed by atoms with Crippen molar-refractivity contribution < 1.29 is 0 Å². The lowest BCUT2D eigenvalue weighted by molar-refractivity contribution is 0.0526. The van der Waals surface area contributed by atoms with Crippen molar-refractivity contribution in [3.8, 4) is 0 Å². The van der Waals surface area contributed by atoms with Gasteiger partial charge in [-0.2, -0.15) is 0 Å². The lowest BCUT2D eigenvalue weighted by atomic mass is 9.79. The molecule has 0 radical (unpaired) electrons. The number of rotatable bonds is 4. The number of likely N-dealkylation sites (N-methyl/N-ethyl adjacent to an activating group) is 1. The van der Waals surface area contributed by atoms with Gasteiger partial charge in [-0.3, -0.25) is 4.90 Å². The number of fused-ring (bicyclic) bond motifs is 2. The Bertz CT molecular complexity index is 272. The maximum atomic E-state index is 6.19. The second kappa shape index (κ2) is 4.55. The maximum absolute atomic E-state index is 6.19. The fraction of sp³-hybridized carbons (Fsp3) is 1.00. The molecule has 0 spiro atoms. The van der Waals surface area contributed by atoms with Crippen LogP contribution in [0.25, 0.3) is 0 Å². The fourth-order valence-corrected chi connectivity index (χ4v) is 5.05. The Morgan fingerprint density at radius 1 is 1.18 bits per heavy atom. The van der Waals surface area contributed by atoms with E-state index < -0.39 is 0 Å². The van der Waals surface area contributed by atoms with Gasteiger partial charge in [0.1, 0.15) is 0 Å². The van der Waals surface area contributed by atoms with Gasteiger partial charge in [0.05, 0.1) is 0 Å². The van der Waals surface area contributed by atoms with Crippen LogP contribution in [0, 0.1) is 17.8 Å². The summed E-state index contributed by atoms with van der Waals surface area (Å²) in [6.45, 7) is 2.19. The summed E-state index contributed by atoms with van der Waals surface area (Å²) >= 11 is 0. The minimum atomic E-state index is 0.380. The van der Waals surface area contributed by atoms with Gasteiger partial charge in [0.2, 0.25) is 0 Å². The highest BCUT2D eigenvalue weighted by atomic mass is 15.2. The topological polar surface area (TPSA) is 29.3 Å². The van der Waals surface area contributed by atoms with Crippen LogP contribution in [0.1, 0.15) is 51.4 Å². The van der Waals surface area contributed by atoms with Gasteiger partial charge in [0.15, 0.2) is 0 Å². The summed E-state index contributed by atoms with van der Waals surface area (Å²) in [5.74, 6) is 2.86. The van der Waals surface area contributed by atoms with Gasteiger partial charge in [-0.15, -0.1) is 0 Å². The summed E-state index contributed by atoms with van der Waals surface area (Å²) in [6, 6.07) is 0. The Morgan fingerprint density at radius 2 is 1.94 bits per heavy atom. The van der Waals surface area contributed by atoms with Gasteiger partial charge in [0, 0.05) is 18.6 Å². The summed E-state index contributed by atoms with van der Waals surface area (Å²) < 4.78 is 0. The number of hydrogen-bond acceptors (Lipinski definition) is 2. The van der Waals surface area contributed by atoms with Crippen LogP contribution in [-0.4, -0.2) is 30.6 Å².